The average Bonchev–Trinajstić information content (AvgIpc) is 2.88. The van der Waals surface area contributed by atoms with E-state index in [1.54, 1.807) is 11.3 Å². The Balaban J connectivity index is 1.80. The molecule has 0 aromatic carbocycles. The second kappa shape index (κ2) is 6.50. The molecule has 1 saturated heterocycles. The zero-order valence-corrected chi connectivity index (χ0v) is 13.9. The summed E-state index contributed by atoms with van der Waals surface area (Å²) in [6.07, 6.45) is 5.02. The van der Waals surface area contributed by atoms with E-state index < -0.39 is 0 Å². The number of thiophene rings is 1. The lowest BCUT2D eigenvalue weighted by molar-refractivity contribution is 0.677. The Hall–Kier alpha value is -0.520. The van der Waals surface area contributed by atoms with E-state index in [0.29, 0.717) is 10.5 Å². The Morgan fingerprint density at radius 3 is 3.05 bits per heavy atom. The molecule has 108 valence electrons. The summed E-state index contributed by atoms with van der Waals surface area (Å²) < 4.78 is 0. The third kappa shape index (κ3) is 3.21. The maximum Gasteiger partial charge on any atom is 0.225 e. The SMILES string of the molecule is CCc1cc2c(NCC3CCCCS3)nc(Cl)nc2s1. The Morgan fingerprint density at radius 2 is 2.30 bits per heavy atom. The maximum atomic E-state index is 6.04. The monoisotopic (exact) mass is 327 g/mol. The number of hydrogen-bond donors (Lipinski definition) is 1. The van der Waals surface area contributed by atoms with Gasteiger partial charge in [0.05, 0.1) is 5.39 Å². The highest BCUT2D eigenvalue weighted by atomic mass is 35.5. The second-order valence-electron chi connectivity index (χ2n) is 5.00. The van der Waals surface area contributed by atoms with Crippen LogP contribution in [0.2, 0.25) is 5.28 Å². The number of halogens is 1. The van der Waals surface area contributed by atoms with Gasteiger partial charge >= 0.3 is 0 Å². The van der Waals surface area contributed by atoms with Crippen LogP contribution in [0.3, 0.4) is 0 Å². The van der Waals surface area contributed by atoms with Crippen molar-refractivity contribution in [2.75, 3.05) is 17.6 Å². The maximum absolute atomic E-state index is 6.04. The Labute approximate surface area is 132 Å². The van der Waals surface area contributed by atoms with Crippen LogP contribution in [0.5, 0.6) is 0 Å². The van der Waals surface area contributed by atoms with Gasteiger partial charge < -0.3 is 5.32 Å². The van der Waals surface area contributed by atoms with Crippen molar-refractivity contribution in [1.29, 1.82) is 0 Å². The first-order valence-electron chi connectivity index (χ1n) is 7.07. The normalized spacial score (nSPS) is 19.4. The molecule has 1 unspecified atom stereocenters. The highest BCUT2D eigenvalue weighted by molar-refractivity contribution is 7.99. The minimum atomic E-state index is 0.334. The molecule has 1 N–H and O–H groups in total. The lowest BCUT2D eigenvalue weighted by Gasteiger charge is -2.21. The summed E-state index contributed by atoms with van der Waals surface area (Å²) in [7, 11) is 0. The van der Waals surface area contributed by atoms with E-state index in [1.165, 1.54) is 29.9 Å². The van der Waals surface area contributed by atoms with Gasteiger partial charge in [-0.15, -0.1) is 11.3 Å². The highest BCUT2D eigenvalue weighted by Crippen LogP contribution is 2.31. The fourth-order valence-corrected chi connectivity index (χ4v) is 4.86. The molecule has 0 amide bonds. The van der Waals surface area contributed by atoms with Crippen molar-refractivity contribution in [3.05, 3.63) is 16.2 Å². The fourth-order valence-electron chi connectivity index (χ4n) is 2.43. The van der Waals surface area contributed by atoms with Gasteiger partial charge in [0.15, 0.2) is 0 Å². The molecule has 6 heteroatoms. The van der Waals surface area contributed by atoms with Gasteiger partial charge in [-0.1, -0.05) is 13.3 Å². The summed E-state index contributed by atoms with van der Waals surface area (Å²) in [4.78, 5) is 11.0. The third-order valence-corrected chi connectivity index (χ3v) is 6.28. The number of anilines is 1. The van der Waals surface area contributed by atoms with Gasteiger partial charge in [-0.25, -0.2) is 9.97 Å². The molecule has 3 rings (SSSR count). The molecule has 2 aromatic rings. The van der Waals surface area contributed by atoms with Crippen LogP contribution >= 0.6 is 34.7 Å². The average molecular weight is 328 g/mol. The number of nitrogens with one attached hydrogen (secondary N) is 1. The molecule has 2 aromatic heterocycles. The zero-order valence-electron chi connectivity index (χ0n) is 11.5. The zero-order chi connectivity index (χ0) is 13.9. The van der Waals surface area contributed by atoms with E-state index in [4.69, 9.17) is 11.6 Å². The van der Waals surface area contributed by atoms with Crippen LogP contribution in [0, 0.1) is 0 Å². The van der Waals surface area contributed by atoms with Crippen molar-refractivity contribution in [1.82, 2.24) is 9.97 Å². The number of hydrogen-bond acceptors (Lipinski definition) is 5. The van der Waals surface area contributed by atoms with Crippen LogP contribution in [0.15, 0.2) is 6.07 Å². The van der Waals surface area contributed by atoms with Gasteiger partial charge in [0, 0.05) is 16.7 Å². The van der Waals surface area contributed by atoms with E-state index in [0.717, 1.165) is 29.0 Å². The minimum absolute atomic E-state index is 0.334. The molecule has 0 aliphatic carbocycles. The van der Waals surface area contributed by atoms with Crippen molar-refractivity contribution >= 4 is 50.7 Å². The predicted molar refractivity (Wildman–Crippen MR) is 90.4 cm³/mol. The smallest absolute Gasteiger partial charge is 0.225 e. The molecule has 20 heavy (non-hydrogen) atoms. The van der Waals surface area contributed by atoms with Crippen LogP contribution in [0.1, 0.15) is 31.1 Å². The van der Waals surface area contributed by atoms with E-state index in [-0.39, 0.29) is 0 Å². The lowest BCUT2D eigenvalue weighted by Crippen LogP contribution is -2.20. The molecule has 0 saturated carbocycles. The predicted octanol–water partition coefficient (Wildman–Crippen LogP) is 4.60. The summed E-state index contributed by atoms with van der Waals surface area (Å²) in [5.74, 6) is 2.17. The van der Waals surface area contributed by atoms with Crippen LogP contribution in [0.25, 0.3) is 10.2 Å². The fraction of sp³-hybridized carbons (Fsp3) is 0.571. The van der Waals surface area contributed by atoms with Crippen LogP contribution < -0.4 is 5.32 Å². The van der Waals surface area contributed by atoms with Crippen molar-refractivity contribution in [2.24, 2.45) is 0 Å². The first-order chi connectivity index (χ1) is 9.76. The van der Waals surface area contributed by atoms with Crippen molar-refractivity contribution in [2.45, 2.75) is 37.9 Å². The summed E-state index contributed by atoms with van der Waals surface area (Å²) in [6.45, 7) is 3.12. The summed E-state index contributed by atoms with van der Waals surface area (Å²) >= 11 is 9.81. The Bertz CT molecular complexity index is 593. The quantitative estimate of drug-likeness (QED) is 0.832. The number of nitrogens with zero attached hydrogens (tertiary/aromatic N) is 2. The molecule has 3 heterocycles. The van der Waals surface area contributed by atoms with Gasteiger partial charge in [-0.3, -0.25) is 0 Å². The van der Waals surface area contributed by atoms with Crippen molar-refractivity contribution < 1.29 is 0 Å². The third-order valence-electron chi connectivity index (χ3n) is 3.54. The molecule has 1 aliphatic rings. The lowest BCUT2D eigenvalue weighted by atomic mass is 10.2. The van der Waals surface area contributed by atoms with Gasteiger partial charge in [0.2, 0.25) is 5.28 Å². The van der Waals surface area contributed by atoms with Crippen LogP contribution in [0.4, 0.5) is 5.82 Å². The molecular weight excluding hydrogens is 310 g/mol. The highest BCUT2D eigenvalue weighted by Gasteiger charge is 2.15. The van der Waals surface area contributed by atoms with Gasteiger partial charge in [-0.2, -0.15) is 11.8 Å². The number of aryl methyl sites for hydroxylation is 1. The van der Waals surface area contributed by atoms with E-state index in [2.05, 4.69) is 40.0 Å². The van der Waals surface area contributed by atoms with Crippen LogP contribution in [-0.4, -0.2) is 27.5 Å². The molecule has 0 radical (unpaired) electrons. The number of thioether (sulfide) groups is 1. The molecule has 1 atom stereocenters. The van der Waals surface area contributed by atoms with E-state index >= 15 is 0 Å². The first-order valence-corrected chi connectivity index (χ1v) is 9.32. The van der Waals surface area contributed by atoms with E-state index in [1.807, 2.05) is 0 Å². The molecule has 3 nitrogen and oxygen atoms in total. The number of fused-ring (bicyclic) bond motifs is 1. The number of aromatic nitrogens is 2. The largest absolute Gasteiger partial charge is 0.368 e. The second-order valence-corrected chi connectivity index (χ2v) is 7.86. The molecule has 1 fully saturated rings. The standard InChI is InChI=1S/C14H18ClN3S2/c1-2-9-7-11-12(17-14(15)18-13(11)20-9)16-8-10-5-3-4-6-19-10/h7,10H,2-6,8H2,1H3,(H,16,17,18). The van der Waals surface area contributed by atoms with E-state index in [9.17, 15) is 0 Å². The minimum Gasteiger partial charge on any atom is -0.368 e. The van der Waals surface area contributed by atoms with Crippen molar-refractivity contribution in [3.8, 4) is 0 Å². The number of rotatable bonds is 4. The first kappa shape index (κ1) is 14.4. The van der Waals surface area contributed by atoms with Crippen molar-refractivity contribution in [3.63, 3.8) is 0 Å². The summed E-state index contributed by atoms with van der Waals surface area (Å²) in [5.41, 5.74) is 0. The van der Waals surface area contributed by atoms with Gasteiger partial charge in [0.1, 0.15) is 10.6 Å². The molecule has 1 aliphatic heterocycles. The van der Waals surface area contributed by atoms with Gasteiger partial charge in [0.25, 0.3) is 0 Å². The molecule has 0 spiro atoms. The van der Waals surface area contributed by atoms with Crippen LogP contribution in [-0.2, 0) is 6.42 Å². The molecular formula is C14H18ClN3S2. The Kier molecular flexibility index (Phi) is 4.68. The topological polar surface area (TPSA) is 37.8 Å². The molecule has 0 bridgehead atoms. The summed E-state index contributed by atoms with van der Waals surface area (Å²) in [5, 5.41) is 5.62. The Morgan fingerprint density at radius 1 is 1.40 bits per heavy atom. The van der Waals surface area contributed by atoms with Gasteiger partial charge in [-0.05, 0) is 42.7 Å². The summed E-state index contributed by atoms with van der Waals surface area (Å²) in [6, 6.07) is 2.19.